The van der Waals surface area contributed by atoms with Crippen molar-refractivity contribution in [3.05, 3.63) is 77.3 Å². The zero-order chi connectivity index (χ0) is 25.5. The molecule has 2 atom stereocenters. The highest BCUT2D eigenvalue weighted by molar-refractivity contribution is 6.05. The van der Waals surface area contributed by atoms with E-state index in [1.165, 1.54) is 25.5 Å². The van der Waals surface area contributed by atoms with Gasteiger partial charge >= 0.3 is 0 Å². The molecule has 0 radical (unpaired) electrons. The number of rotatable bonds is 10. The minimum Gasteiger partial charge on any atom is -0.494 e. The highest BCUT2D eigenvalue weighted by Crippen LogP contribution is 2.30. The monoisotopic (exact) mass is 479 g/mol. The Kier molecular flexibility index (Phi) is 8.14. The summed E-state index contributed by atoms with van der Waals surface area (Å²) >= 11 is 0. The maximum Gasteiger partial charge on any atom is 0.244 e. The molecule has 0 saturated carbocycles. The third-order valence-corrected chi connectivity index (χ3v) is 5.59. The first-order valence-electron chi connectivity index (χ1n) is 11.2. The molecule has 0 fully saturated rings. The van der Waals surface area contributed by atoms with Crippen LogP contribution in [-0.2, 0) is 9.59 Å². The SMILES string of the molecule is Cc1c(O)[nH]c(O)c1C(=O)[C@@H](NC(=O)C[C@H](NC(=O)C=Cc1ccoc1)c1ccccc1)C(C)C. The van der Waals surface area contributed by atoms with Gasteiger partial charge in [-0.05, 0) is 30.5 Å². The van der Waals surface area contributed by atoms with Crippen molar-refractivity contribution in [3.63, 3.8) is 0 Å². The minimum absolute atomic E-state index is 0.0706. The summed E-state index contributed by atoms with van der Waals surface area (Å²) in [4.78, 5) is 41.0. The Morgan fingerprint density at radius 1 is 1.06 bits per heavy atom. The van der Waals surface area contributed by atoms with Gasteiger partial charge in [0.05, 0.1) is 36.6 Å². The van der Waals surface area contributed by atoms with Crippen LogP contribution in [0.4, 0.5) is 0 Å². The van der Waals surface area contributed by atoms with E-state index in [-0.39, 0.29) is 29.3 Å². The number of carbonyl (C=O) groups excluding carboxylic acids is 3. The number of hydrogen-bond acceptors (Lipinski definition) is 6. The summed E-state index contributed by atoms with van der Waals surface area (Å²) in [5.74, 6) is -2.44. The first-order valence-corrected chi connectivity index (χ1v) is 11.2. The Balaban J connectivity index is 1.75. The molecule has 2 heterocycles. The molecule has 184 valence electrons. The van der Waals surface area contributed by atoms with Crippen molar-refractivity contribution in [3.8, 4) is 11.8 Å². The van der Waals surface area contributed by atoms with Gasteiger partial charge in [-0.3, -0.25) is 19.4 Å². The van der Waals surface area contributed by atoms with Crippen LogP contribution in [-0.4, -0.2) is 38.8 Å². The smallest absolute Gasteiger partial charge is 0.244 e. The molecule has 5 N–H and O–H groups in total. The van der Waals surface area contributed by atoms with Gasteiger partial charge < -0.3 is 25.3 Å². The molecule has 0 saturated heterocycles. The lowest BCUT2D eigenvalue weighted by Crippen LogP contribution is -2.45. The predicted molar refractivity (Wildman–Crippen MR) is 130 cm³/mol. The number of nitrogens with one attached hydrogen (secondary N) is 3. The lowest BCUT2D eigenvalue weighted by molar-refractivity contribution is -0.123. The third-order valence-electron chi connectivity index (χ3n) is 5.59. The molecule has 0 aliphatic carbocycles. The molecule has 0 bridgehead atoms. The maximum atomic E-state index is 13.1. The van der Waals surface area contributed by atoms with Gasteiger partial charge in [-0.2, -0.15) is 0 Å². The van der Waals surface area contributed by atoms with Crippen LogP contribution in [0.1, 0.15) is 53.4 Å². The standard InChI is InChI=1S/C26H29N3O6/c1-15(2)23(24(32)22-16(3)25(33)29-26(22)34)28-21(31)13-19(18-7-5-4-6-8-18)27-20(30)10-9-17-11-12-35-14-17/h4-12,14-15,19,23,29,33-34H,13H2,1-3H3,(H,27,30)(H,28,31)/t19-,23-/m0/s1. The normalized spacial score (nSPS) is 13.0. The molecule has 0 aliphatic heterocycles. The summed E-state index contributed by atoms with van der Waals surface area (Å²) in [5.41, 5.74) is 1.58. The second-order valence-electron chi connectivity index (χ2n) is 8.54. The summed E-state index contributed by atoms with van der Waals surface area (Å²) in [6.07, 6.45) is 5.82. The Morgan fingerprint density at radius 2 is 1.77 bits per heavy atom. The molecule has 0 unspecified atom stereocenters. The molecular weight excluding hydrogens is 450 g/mol. The lowest BCUT2D eigenvalue weighted by atomic mass is 9.93. The molecule has 0 aliphatic rings. The molecule has 2 aromatic heterocycles. The topological polar surface area (TPSA) is 145 Å². The van der Waals surface area contributed by atoms with E-state index in [9.17, 15) is 24.6 Å². The number of aromatic amines is 1. The highest BCUT2D eigenvalue weighted by atomic mass is 16.3. The fourth-order valence-electron chi connectivity index (χ4n) is 3.67. The molecule has 0 spiro atoms. The number of hydrogen-bond donors (Lipinski definition) is 5. The van der Waals surface area contributed by atoms with E-state index in [2.05, 4.69) is 15.6 Å². The van der Waals surface area contributed by atoms with Crippen LogP contribution < -0.4 is 10.6 Å². The average molecular weight is 480 g/mol. The molecule has 9 nitrogen and oxygen atoms in total. The van der Waals surface area contributed by atoms with E-state index in [1.54, 1.807) is 50.3 Å². The molecule has 2 amide bonds. The number of H-pyrrole nitrogens is 1. The maximum absolute atomic E-state index is 13.1. The van der Waals surface area contributed by atoms with Crippen molar-refractivity contribution in [1.29, 1.82) is 0 Å². The van der Waals surface area contributed by atoms with Crippen molar-refractivity contribution in [2.45, 2.75) is 39.3 Å². The first-order chi connectivity index (χ1) is 16.7. The zero-order valence-electron chi connectivity index (χ0n) is 19.7. The van der Waals surface area contributed by atoms with Gasteiger partial charge in [0, 0.05) is 17.2 Å². The van der Waals surface area contributed by atoms with E-state index in [0.29, 0.717) is 0 Å². The molecule has 3 aromatic rings. The van der Waals surface area contributed by atoms with Crippen LogP contribution in [0.2, 0.25) is 0 Å². The Bertz CT molecular complexity index is 1200. The molecule has 35 heavy (non-hydrogen) atoms. The van der Waals surface area contributed by atoms with Crippen LogP contribution in [0.15, 0.2) is 59.4 Å². The molecule has 3 rings (SSSR count). The minimum atomic E-state index is -0.949. The van der Waals surface area contributed by atoms with Crippen LogP contribution in [0.3, 0.4) is 0 Å². The number of amides is 2. The van der Waals surface area contributed by atoms with Crippen LogP contribution in [0, 0.1) is 12.8 Å². The number of carbonyl (C=O) groups is 3. The van der Waals surface area contributed by atoms with Gasteiger partial charge in [0.1, 0.15) is 0 Å². The number of aromatic nitrogens is 1. The van der Waals surface area contributed by atoms with Crippen molar-refractivity contribution in [2.75, 3.05) is 0 Å². The van der Waals surface area contributed by atoms with Gasteiger partial charge in [0.2, 0.25) is 17.7 Å². The van der Waals surface area contributed by atoms with Gasteiger partial charge in [0.25, 0.3) is 0 Å². The van der Waals surface area contributed by atoms with Crippen LogP contribution in [0.25, 0.3) is 6.08 Å². The summed E-state index contributed by atoms with van der Waals surface area (Å²) in [6.45, 7) is 5.02. The fraction of sp³-hybridized carbons (Fsp3) is 0.269. The van der Waals surface area contributed by atoms with E-state index in [0.717, 1.165) is 11.1 Å². The van der Waals surface area contributed by atoms with Crippen LogP contribution >= 0.6 is 0 Å². The average Bonchev–Trinajstić information content (AvgIpc) is 3.43. The predicted octanol–water partition coefficient (Wildman–Crippen LogP) is 3.61. The third kappa shape index (κ3) is 6.41. The van der Waals surface area contributed by atoms with Gasteiger partial charge in [-0.25, -0.2) is 0 Å². The number of aromatic hydroxyl groups is 2. The quantitative estimate of drug-likeness (QED) is 0.222. The summed E-state index contributed by atoms with van der Waals surface area (Å²) in [7, 11) is 0. The number of ketones is 1. The van der Waals surface area contributed by atoms with E-state index in [4.69, 9.17) is 4.42 Å². The number of furan rings is 1. The second kappa shape index (κ2) is 11.2. The number of Topliss-reactive ketones (excluding diaryl/α,β-unsaturated/α-hetero) is 1. The van der Waals surface area contributed by atoms with Crippen molar-refractivity contribution in [1.82, 2.24) is 15.6 Å². The van der Waals surface area contributed by atoms with E-state index < -0.39 is 35.6 Å². The van der Waals surface area contributed by atoms with E-state index >= 15 is 0 Å². The molecule has 1 aromatic carbocycles. The Morgan fingerprint density at radius 3 is 2.34 bits per heavy atom. The summed E-state index contributed by atoms with van der Waals surface area (Å²) < 4.78 is 4.98. The summed E-state index contributed by atoms with van der Waals surface area (Å²) in [5, 5.41) is 25.4. The number of benzene rings is 1. The van der Waals surface area contributed by atoms with Gasteiger partial charge in [-0.15, -0.1) is 0 Å². The van der Waals surface area contributed by atoms with E-state index in [1.807, 2.05) is 6.07 Å². The Hall–Kier alpha value is -4.27. The second-order valence-corrected chi connectivity index (χ2v) is 8.54. The van der Waals surface area contributed by atoms with Crippen molar-refractivity contribution in [2.24, 2.45) is 5.92 Å². The zero-order valence-corrected chi connectivity index (χ0v) is 19.7. The van der Waals surface area contributed by atoms with Crippen LogP contribution in [0.5, 0.6) is 11.8 Å². The van der Waals surface area contributed by atoms with Crippen molar-refractivity contribution < 1.29 is 29.0 Å². The highest BCUT2D eigenvalue weighted by Gasteiger charge is 2.31. The molecule has 9 heteroatoms. The lowest BCUT2D eigenvalue weighted by Gasteiger charge is -2.24. The van der Waals surface area contributed by atoms with Gasteiger partial charge in [-0.1, -0.05) is 44.2 Å². The van der Waals surface area contributed by atoms with Gasteiger partial charge in [0.15, 0.2) is 11.7 Å². The Labute approximate surface area is 202 Å². The first kappa shape index (κ1) is 25.4. The fourth-order valence-corrected chi connectivity index (χ4v) is 3.67. The molecular formula is C26H29N3O6. The largest absolute Gasteiger partial charge is 0.494 e. The summed E-state index contributed by atoms with van der Waals surface area (Å²) in [6, 6.07) is 9.15. The van der Waals surface area contributed by atoms with Crippen molar-refractivity contribution >= 4 is 23.7 Å².